The third-order valence-corrected chi connectivity index (χ3v) is 10.6. The quantitative estimate of drug-likeness (QED) is 0.139. The summed E-state index contributed by atoms with van der Waals surface area (Å²) < 4.78 is 5.90. The van der Waals surface area contributed by atoms with E-state index in [1.807, 2.05) is 56.4 Å². The number of aliphatic hydroxyl groups is 4. The van der Waals surface area contributed by atoms with E-state index in [-0.39, 0.29) is 11.7 Å². The molecule has 5 N–H and O–H groups in total. The zero-order chi connectivity index (χ0) is 30.1. The number of Topliss-reactive ketones (excluding diaryl/α,β-unsaturated/α-hetero) is 1. The molecule has 224 valence electrons. The van der Waals surface area contributed by atoms with Crippen molar-refractivity contribution < 1.29 is 44.7 Å². The minimum absolute atomic E-state index is 0.0199. The smallest absolute Gasteiger partial charge is 0.365 e. The lowest BCUT2D eigenvalue weighted by Crippen LogP contribution is -2.52. The van der Waals surface area contributed by atoms with Crippen molar-refractivity contribution in [1.29, 1.82) is 0 Å². The summed E-state index contributed by atoms with van der Waals surface area (Å²) in [6.45, 7) is 5.73. The van der Waals surface area contributed by atoms with Crippen LogP contribution in [0.25, 0.3) is 0 Å². The van der Waals surface area contributed by atoms with E-state index in [2.05, 4.69) is 0 Å². The molecule has 0 aromatic heterocycles. The van der Waals surface area contributed by atoms with E-state index in [0.717, 1.165) is 17.3 Å². The Bertz CT molecular complexity index is 1210. The van der Waals surface area contributed by atoms with Crippen LogP contribution in [0.4, 0.5) is 0 Å². The van der Waals surface area contributed by atoms with Crippen LogP contribution in [-0.4, -0.2) is 71.7 Å². The fourth-order valence-corrected chi connectivity index (χ4v) is 8.34. The van der Waals surface area contributed by atoms with Crippen LogP contribution in [0.2, 0.25) is 0 Å². The van der Waals surface area contributed by atoms with Crippen molar-refractivity contribution in [1.82, 2.24) is 0 Å². The number of allylic oxidation sites excluding steroid dienone is 5. The van der Waals surface area contributed by atoms with E-state index in [0.29, 0.717) is 32.1 Å². The van der Waals surface area contributed by atoms with Gasteiger partial charge in [0.05, 0.1) is 11.4 Å². The Morgan fingerprint density at radius 2 is 1.68 bits per heavy atom. The number of carboxylic acids is 1. The minimum Gasteiger partial charge on any atom is -0.507 e. The van der Waals surface area contributed by atoms with Crippen LogP contribution in [-0.2, 0) is 19.1 Å². The Hall–Kier alpha value is -2.66. The molecule has 4 aliphatic rings. The van der Waals surface area contributed by atoms with E-state index in [1.54, 1.807) is 6.92 Å². The van der Waals surface area contributed by atoms with E-state index in [9.17, 15) is 39.9 Å². The van der Waals surface area contributed by atoms with Gasteiger partial charge >= 0.3 is 11.9 Å². The molecular formula is C31H40O9S. The molecule has 0 amide bonds. The highest BCUT2D eigenvalue weighted by atomic mass is 32.2. The van der Waals surface area contributed by atoms with Gasteiger partial charge in [-0.3, -0.25) is 4.79 Å². The van der Waals surface area contributed by atoms with Gasteiger partial charge in [-0.1, -0.05) is 62.0 Å². The molecule has 1 fully saturated rings. The van der Waals surface area contributed by atoms with Gasteiger partial charge in [-0.15, -0.1) is 0 Å². The fraction of sp³-hybridized carbons (Fsp3) is 0.581. The monoisotopic (exact) mass is 588 g/mol. The molecule has 0 aromatic carbocycles. The number of aliphatic hydroxyl groups excluding tert-OH is 2. The first-order chi connectivity index (χ1) is 19.3. The SMILES string of the molecule is CC1=CC2C/C=C/C=C/CC(O)C/C=C/CC(C)[C@@H]3[C@@H](CS[C@@H]3C(O)(O)C(=O)O)C(=O)C3=C(O)C2(CC1C)OC3=O. The lowest BCUT2D eigenvalue weighted by molar-refractivity contribution is -0.207. The number of rotatable bonds is 2. The topological polar surface area (TPSA) is 162 Å². The average Bonchev–Trinajstić information content (AvgIpc) is 3.46. The molecule has 8 atom stereocenters. The number of carbonyl (C=O) groups excluding carboxylic acids is 2. The van der Waals surface area contributed by atoms with Crippen molar-refractivity contribution in [3.63, 3.8) is 0 Å². The Balaban J connectivity index is 1.80. The first-order valence-electron chi connectivity index (χ1n) is 14.1. The Morgan fingerprint density at radius 3 is 2.37 bits per heavy atom. The molecule has 1 spiro atoms. The Labute approximate surface area is 244 Å². The van der Waals surface area contributed by atoms with Crippen molar-refractivity contribution in [2.75, 3.05) is 5.75 Å². The third-order valence-electron chi connectivity index (χ3n) is 9.05. The number of hydrogen-bond donors (Lipinski definition) is 5. The van der Waals surface area contributed by atoms with Gasteiger partial charge < -0.3 is 30.3 Å². The molecule has 2 bridgehead atoms. The van der Waals surface area contributed by atoms with E-state index < -0.39 is 75.5 Å². The largest absolute Gasteiger partial charge is 0.507 e. The van der Waals surface area contributed by atoms with Crippen molar-refractivity contribution >= 4 is 29.5 Å². The molecule has 2 aliphatic carbocycles. The second-order valence-electron chi connectivity index (χ2n) is 11.9. The van der Waals surface area contributed by atoms with Gasteiger partial charge in [-0.25, -0.2) is 9.59 Å². The molecule has 4 rings (SSSR count). The zero-order valence-electron chi connectivity index (χ0n) is 23.6. The highest BCUT2D eigenvalue weighted by Gasteiger charge is 2.60. The van der Waals surface area contributed by atoms with Crippen LogP contribution < -0.4 is 0 Å². The average molecular weight is 589 g/mol. The van der Waals surface area contributed by atoms with Crippen LogP contribution in [0, 0.1) is 29.6 Å². The Kier molecular flexibility index (Phi) is 9.38. The summed E-state index contributed by atoms with van der Waals surface area (Å²) in [6.07, 6.45) is 14.4. The summed E-state index contributed by atoms with van der Waals surface area (Å²) in [7, 11) is 0. The summed E-state index contributed by atoms with van der Waals surface area (Å²) in [5, 5.41) is 51.3. The second-order valence-corrected chi connectivity index (χ2v) is 13.0. The molecule has 5 unspecified atom stereocenters. The molecule has 10 heteroatoms. The van der Waals surface area contributed by atoms with Crippen molar-refractivity contribution in [3.05, 3.63) is 59.4 Å². The van der Waals surface area contributed by atoms with Gasteiger partial charge in [0.2, 0.25) is 0 Å². The molecule has 0 aromatic rings. The summed E-state index contributed by atoms with van der Waals surface area (Å²) in [5.41, 5.74) is -0.764. The minimum atomic E-state index is -3.10. The molecule has 0 saturated carbocycles. The normalized spacial score (nSPS) is 39.4. The predicted molar refractivity (Wildman–Crippen MR) is 154 cm³/mol. The maximum atomic E-state index is 14.1. The maximum Gasteiger partial charge on any atom is 0.365 e. The highest BCUT2D eigenvalue weighted by Crippen LogP contribution is 2.52. The number of fused-ring (bicyclic) bond motifs is 1. The fourth-order valence-electron chi connectivity index (χ4n) is 6.53. The third kappa shape index (κ3) is 5.98. The van der Waals surface area contributed by atoms with Crippen LogP contribution in [0.1, 0.15) is 52.9 Å². The molecule has 41 heavy (non-hydrogen) atoms. The number of ether oxygens (including phenoxy) is 1. The van der Waals surface area contributed by atoms with E-state index >= 15 is 0 Å². The zero-order valence-corrected chi connectivity index (χ0v) is 24.4. The number of ketones is 1. The first kappa shape index (κ1) is 31.3. The van der Waals surface area contributed by atoms with Crippen LogP contribution >= 0.6 is 11.8 Å². The van der Waals surface area contributed by atoms with Gasteiger partial charge in [0.15, 0.2) is 17.1 Å². The van der Waals surface area contributed by atoms with Crippen LogP contribution in [0.15, 0.2) is 59.4 Å². The summed E-state index contributed by atoms with van der Waals surface area (Å²) in [4.78, 5) is 39.2. The lowest BCUT2D eigenvalue weighted by atomic mass is 9.69. The number of thioether (sulfide) groups is 1. The standard InChI is InChI=1S/C31H40O9S/c1-17-10-8-9-13-21(32)12-7-5-4-6-11-20-14-18(2)19(3)15-30(20)26(34)24(28(35)40-30)25(33)22-16-41-27(23(17)22)31(38,39)29(36)37/h4-9,14,17,19-23,27,32,34,38-39H,10-13,15-16H2,1-3H3,(H,36,37)/b6-4+,7-5+,9-8+/t17?,19?,20?,21?,22-,23-,27+,30?/m1/s1. The first-order valence-corrected chi connectivity index (χ1v) is 15.2. The Morgan fingerprint density at radius 1 is 1.05 bits per heavy atom. The number of aliphatic carboxylic acids is 1. The van der Waals surface area contributed by atoms with Gasteiger partial charge in [0.1, 0.15) is 5.57 Å². The summed E-state index contributed by atoms with van der Waals surface area (Å²) in [5.74, 6) is -9.53. The van der Waals surface area contributed by atoms with Crippen molar-refractivity contribution in [3.8, 4) is 0 Å². The lowest BCUT2D eigenvalue weighted by Gasteiger charge is -2.40. The van der Waals surface area contributed by atoms with Crippen LogP contribution in [0.3, 0.4) is 0 Å². The van der Waals surface area contributed by atoms with Crippen LogP contribution in [0.5, 0.6) is 0 Å². The van der Waals surface area contributed by atoms with Crippen molar-refractivity contribution in [2.24, 2.45) is 29.6 Å². The predicted octanol–water partition coefficient (Wildman–Crippen LogP) is 3.62. The molecular weight excluding hydrogens is 548 g/mol. The second kappa shape index (κ2) is 12.3. The van der Waals surface area contributed by atoms with Gasteiger partial charge in [0.25, 0.3) is 5.79 Å². The summed E-state index contributed by atoms with van der Waals surface area (Å²) in [6, 6.07) is 0. The van der Waals surface area contributed by atoms with E-state index in [1.165, 1.54) is 0 Å². The van der Waals surface area contributed by atoms with Gasteiger partial charge in [-0.05, 0) is 50.4 Å². The molecule has 9 nitrogen and oxygen atoms in total. The number of esters is 1. The van der Waals surface area contributed by atoms with E-state index in [4.69, 9.17) is 4.74 Å². The summed E-state index contributed by atoms with van der Waals surface area (Å²) >= 11 is 0.958. The highest BCUT2D eigenvalue weighted by molar-refractivity contribution is 8.00. The van der Waals surface area contributed by atoms with Gasteiger partial charge in [0, 0.05) is 24.0 Å². The molecule has 2 heterocycles. The number of carbonyl (C=O) groups is 3. The number of carboxylic acid groups (broad SMARTS) is 1. The van der Waals surface area contributed by atoms with Crippen molar-refractivity contribution in [2.45, 2.75) is 75.6 Å². The molecule has 0 radical (unpaired) electrons. The number of hydrogen-bond acceptors (Lipinski definition) is 9. The van der Waals surface area contributed by atoms with Gasteiger partial charge in [-0.2, -0.15) is 11.8 Å². The maximum absolute atomic E-state index is 14.1. The molecule has 1 saturated heterocycles. The molecule has 2 aliphatic heterocycles.